The van der Waals surface area contributed by atoms with Crippen LogP contribution in [0, 0.1) is 5.92 Å². The van der Waals surface area contributed by atoms with E-state index in [9.17, 15) is 19.5 Å². The van der Waals surface area contributed by atoms with Crippen LogP contribution in [0.5, 0.6) is 0 Å². The number of amides is 2. The van der Waals surface area contributed by atoms with Crippen molar-refractivity contribution in [2.24, 2.45) is 13.0 Å². The van der Waals surface area contributed by atoms with E-state index in [4.69, 9.17) is 4.74 Å². The molecule has 3 N–H and O–H groups in total. The van der Waals surface area contributed by atoms with Gasteiger partial charge in [-0.1, -0.05) is 61.9 Å². The number of hydrogen-bond donors (Lipinski definition) is 3. The van der Waals surface area contributed by atoms with Gasteiger partial charge in [0.15, 0.2) is 5.69 Å². The largest absolute Gasteiger partial charge is 0.476 e. The molecule has 1 aromatic heterocycles. The van der Waals surface area contributed by atoms with Crippen molar-refractivity contribution in [3.05, 3.63) is 71.5 Å². The van der Waals surface area contributed by atoms with Crippen LogP contribution in [-0.4, -0.2) is 46.0 Å². The number of aromatic nitrogens is 2. The van der Waals surface area contributed by atoms with Gasteiger partial charge in [-0.25, -0.2) is 9.59 Å². The van der Waals surface area contributed by atoms with Crippen molar-refractivity contribution in [1.82, 2.24) is 15.1 Å². The second-order valence-electron chi connectivity index (χ2n) is 8.57. The van der Waals surface area contributed by atoms with E-state index in [1.165, 1.54) is 17.9 Å². The fourth-order valence-electron chi connectivity index (χ4n) is 4.48. The van der Waals surface area contributed by atoms with Crippen LogP contribution < -0.4 is 10.6 Å². The van der Waals surface area contributed by atoms with Crippen LogP contribution in [0.4, 0.5) is 10.5 Å². The third kappa shape index (κ3) is 5.18. The number of ether oxygens (including phenoxy) is 1. The molecule has 0 saturated carbocycles. The zero-order valence-electron chi connectivity index (χ0n) is 19.7. The normalized spacial score (nSPS) is 13.0. The van der Waals surface area contributed by atoms with E-state index in [0.29, 0.717) is 6.42 Å². The molecule has 1 aliphatic carbocycles. The van der Waals surface area contributed by atoms with E-state index < -0.39 is 12.1 Å². The number of fused-ring (bicyclic) bond motifs is 3. The first-order valence-electron chi connectivity index (χ1n) is 11.5. The fourth-order valence-corrected chi connectivity index (χ4v) is 4.48. The van der Waals surface area contributed by atoms with Crippen molar-refractivity contribution in [1.29, 1.82) is 0 Å². The molecule has 35 heavy (non-hydrogen) atoms. The minimum atomic E-state index is -1.18. The Morgan fingerprint density at radius 1 is 1.09 bits per heavy atom. The molecule has 0 fully saturated rings. The van der Waals surface area contributed by atoms with Crippen LogP contribution in [0.3, 0.4) is 0 Å². The lowest BCUT2D eigenvalue weighted by Gasteiger charge is -2.17. The highest BCUT2D eigenvalue weighted by Crippen LogP contribution is 2.44. The Hall–Kier alpha value is -4.14. The van der Waals surface area contributed by atoms with Gasteiger partial charge < -0.3 is 20.5 Å². The van der Waals surface area contributed by atoms with Crippen molar-refractivity contribution in [3.8, 4) is 11.1 Å². The minimum absolute atomic E-state index is 0.0242. The van der Waals surface area contributed by atoms with E-state index in [1.54, 1.807) is 0 Å². The van der Waals surface area contributed by atoms with Crippen LogP contribution in [0.2, 0.25) is 0 Å². The Kier molecular flexibility index (Phi) is 7.14. The summed E-state index contributed by atoms with van der Waals surface area (Å²) < 4.78 is 6.74. The molecule has 4 rings (SSSR count). The van der Waals surface area contributed by atoms with Crippen molar-refractivity contribution >= 4 is 23.7 Å². The SMILES string of the molecule is CCC(CNC(=O)OCC1c2ccccc2-c2ccccc21)CC(=O)Nc1cnn(C)c1C(=O)O. The predicted molar refractivity (Wildman–Crippen MR) is 130 cm³/mol. The standard InChI is InChI=1S/C26H28N4O5/c1-3-16(12-23(31)29-22-14-28-30(2)24(22)25(32)33)13-27-26(34)35-15-21-19-10-6-4-8-17(19)18-9-5-7-11-20(18)21/h4-11,14,16,21H,3,12-13,15H2,1-2H3,(H,27,34)(H,29,31)(H,32,33). The first-order chi connectivity index (χ1) is 16.9. The lowest BCUT2D eigenvalue weighted by molar-refractivity contribution is -0.117. The summed E-state index contributed by atoms with van der Waals surface area (Å²) in [4.78, 5) is 36.3. The van der Waals surface area contributed by atoms with E-state index in [0.717, 1.165) is 22.3 Å². The second-order valence-corrected chi connectivity index (χ2v) is 8.57. The van der Waals surface area contributed by atoms with Gasteiger partial charge in [0.25, 0.3) is 0 Å². The van der Waals surface area contributed by atoms with Gasteiger partial charge in [0.2, 0.25) is 5.91 Å². The van der Waals surface area contributed by atoms with Gasteiger partial charge in [0.1, 0.15) is 6.61 Å². The Labute approximate surface area is 203 Å². The highest BCUT2D eigenvalue weighted by atomic mass is 16.5. The molecule has 2 amide bonds. The number of carboxylic acid groups (broad SMARTS) is 1. The number of aromatic carboxylic acids is 1. The summed E-state index contributed by atoms with van der Waals surface area (Å²) in [6.45, 7) is 2.40. The molecule has 1 unspecified atom stereocenters. The Morgan fingerprint density at radius 2 is 1.71 bits per heavy atom. The third-order valence-corrected chi connectivity index (χ3v) is 6.35. The van der Waals surface area contributed by atoms with Gasteiger partial charge in [-0.15, -0.1) is 0 Å². The molecule has 0 spiro atoms. The maximum Gasteiger partial charge on any atom is 0.407 e. The van der Waals surface area contributed by atoms with Crippen molar-refractivity contribution in [2.75, 3.05) is 18.5 Å². The maximum atomic E-state index is 12.5. The highest BCUT2D eigenvalue weighted by Gasteiger charge is 2.29. The zero-order chi connectivity index (χ0) is 24.9. The number of hydrogen-bond acceptors (Lipinski definition) is 5. The van der Waals surface area contributed by atoms with Crippen LogP contribution in [0.15, 0.2) is 54.7 Å². The molecule has 3 aromatic rings. The van der Waals surface area contributed by atoms with E-state index in [-0.39, 0.29) is 48.7 Å². The first kappa shape index (κ1) is 24.0. The molecule has 0 bridgehead atoms. The number of alkyl carbamates (subject to hydrolysis) is 1. The average Bonchev–Trinajstić information content (AvgIpc) is 3.37. The molecule has 1 aliphatic rings. The van der Waals surface area contributed by atoms with Gasteiger partial charge >= 0.3 is 12.1 Å². The van der Waals surface area contributed by atoms with Crippen molar-refractivity contribution in [3.63, 3.8) is 0 Å². The Bertz CT molecular complexity index is 1210. The number of carbonyl (C=O) groups excluding carboxylic acids is 2. The number of carbonyl (C=O) groups is 3. The molecule has 182 valence electrons. The zero-order valence-corrected chi connectivity index (χ0v) is 19.7. The summed E-state index contributed by atoms with van der Waals surface area (Å²) >= 11 is 0. The molecule has 0 radical (unpaired) electrons. The topological polar surface area (TPSA) is 123 Å². The fraction of sp³-hybridized carbons (Fsp3) is 0.308. The van der Waals surface area contributed by atoms with Crippen LogP contribution >= 0.6 is 0 Å². The minimum Gasteiger partial charge on any atom is -0.476 e. The third-order valence-electron chi connectivity index (χ3n) is 6.35. The molecule has 1 heterocycles. The number of aryl methyl sites for hydroxylation is 1. The lowest BCUT2D eigenvalue weighted by Crippen LogP contribution is -2.32. The average molecular weight is 477 g/mol. The molecular weight excluding hydrogens is 448 g/mol. The summed E-state index contributed by atoms with van der Waals surface area (Å²) in [6, 6.07) is 16.3. The van der Waals surface area contributed by atoms with Crippen molar-refractivity contribution in [2.45, 2.75) is 25.7 Å². The second kappa shape index (κ2) is 10.4. The molecule has 1 atom stereocenters. The van der Waals surface area contributed by atoms with Gasteiger partial charge in [0.05, 0.1) is 11.9 Å². The van der Waals surface area contributed by atoms with E-state index in [2.05, 4.69) is 40.0 Å². The molecule has 9 nitrogen and oxygen atoms in total. The van der Waals surface area contributed by atoms with E-state index >= 15 is 0 Å². The smallest absolute Gasteiger partial charge is 0.407 e. The van der Waals surface area contributed by atoms with Gasteiger partial charge in [-0.2, -0.15) is 5.10 Å². The predicted octanol–water partition coefficient (Wildman–Crippen LogP) is 4.01. The summed E-state index contributed by atoms with van der Waals surface area (Å²) in [6.07, 6.45) is 1.53. The Balaban J connectivity index is 1.29. The van der Waals surface area contributed by atoms with Crippen LogP contribution in [0.1, 0.15) is 47.3 Å². The summed E-state index contributed by atoms with van der Waals surface area (Å²) in [5.74, 6) is -1.69. The Morgan fingerprint density at radius 3 is 2.31 bits per heavy atom. The summed E-state index contributed by atoms with van der Waals surface area (Å²) in [5.41, 5.74) is 4.65. The number of nitrogens with zero attached hydrogens (tertiary/aromatic N) is 2. The van der Waals surface area contributed by atoms with Gasteiger partial charge in [-0.3, -0.25) is 9.48 Å². The van der Waals surface area contributed by atoms with Crippen LogP contribution in [-0.2, 0) is 16.6 Å². The summed E-state index contributed by atoms with van der Waals surface area (Å²) in [7, 11) is 1.49. The van der Waals surface area contributed by atoms with Crippen molar-refractivity contribution < 1.29 is 24.2 Å². The number of rotatable bonds is 9. The lowest BCUT2D eigenvalue weighted by atomic mass is 9.98. The number of nitrogens with one attached hydrogen (secondary N) is 2. The summed E-state index contributed by atoms with van der Waals surface area (Å²) in [5, 5.41) is 18.5. The monoisotopic (exact) mass is 476 g/mol. The molecule has 9 heteroatoms. The molecular formula is C26H28N4O5. The van der Waals surface area contributed by atoms with E-state index in [1.807, 2.05) is 31.2 Å². The van der Waals surface area contributed by atoms with Gasteiger partial charge in [-0.05, 0) is 28.2 Å². The highest BCUT2D eigenvalue weighted by molar-refractivity contribution is 5.99. The number of carboxylic acids is 1. The molecule has 2 aromatic carbocycles. The number of benzene rings is 2. The number of anilines is 1. The quantitative estimate of drug-likeness (QED) is 0.429. The first-order valence-corrected chi connectivity index (χ1v) is 11.5. The molecule has 0 aliphatic heterocycles. The van der Waals surface area contributed by atoms with Gasteiger partial charge in [0, 0.05) is 25.9 Å². The van der Waals surface area contributed by atoms with Crippen LogP contribution in [0.25, 0.3) is 11.1 Å². The molecule has 0 saturated heterocycles. The maximum absolute atomic E-state index is 12.5.